The topological polar surface area (TPSA) is 12.0 Å². The van der Waals surface area contributed by atoms with Crippen molar-refractivity contribution >= 4 is 11.6 Å². The fraction of sp³-hybridized carbons (Fsp3) is 0.200. The quantitative estimate of drug-likeness (QED) is 0.889. The lowest BCUT2D eigenvalue weighted by molar-refractivity contribution is 0.470. The van der Waals surface area contributed by atoms with E-state index in [4.69, 9.17) is 11.6 Å². The van der Waals surface area contributed by atoms with Gasteiger partial charge in [0, 0.05) is 16.6 Å². The highest BCUT2D eigenvalue weighted by molar-refractivity contribution is 6.30. The number of benzene rings is 2. The van der Waals surface area contributed by atoms with Crippen LogP contribution in [-0.4, -0.2) is 7.05 Å². The molecule has 0 aromatic heterocycles. The first-order valence-electron chi connectivity index (χ1n) is 6.08. The maximum absolute atomic E-state index is 13.8. The van der Waals surface area contributed by atoms with Gasteiger partial charge in [-0.1, -0.05) is 29.8 Å². The summed E-state index contributed by atoms with van der Waals surface area (Å²) in [7, 11) is 1.61. The fourth-order valence-electron chi connectivity index (χ4n) is 2.06. The molecule has 0 fully saturated rings. The van der Waals surface area contributed by atoms with Crippen LogP contribution < -0.4 is 5.32 Å². The Morgan fingerprint density at radius 2 is 1.85 bits per heavy atom. The van der Waals surface area contributed by atoms with E-state index in [2.05, 4.69) is 5.32 Å². The number of hydrogen-bond donors (Lipinski definition) is 1. The predicted molar refractivity (Wildman–Crippen MR) is 73.3 cm³/mol. The Balaban J connectivity index is 2.31. The molecule has 2 rings (SSSR count). The Labute approximate surface area is 120 Å². The summed E-state index contributed by atoms with van der Waals surface area (Å²) in [5.74, 6) is -2.30. The molecule has 2 aromatic carbocycles. The van der Waals surface area contributed by atoms with Crippen LogP contribution in [-0.2, 0) is 6.42 Å². The molecule has 0 aliphatic carbocycles. The maximum atomic E-state index is 13.8. The predicted octanol–water partition coefficient (Wildman–Crippen LogP) is 4.26. The summed E-state index contributed by atoms with van der Waals surface area (Å²) in [5, 5.41) is 3.17. The Morgan fingerprint density at radius 3 is 2.50 bits per heavy atom. The van der Waals surface area contributed by atoms with Crippen molar-refractivity contribution < 1.29 is 13.2 Å². The second-order valence-electron chi connectivity index (χ2n) is 4.42. The van der Waals surface area contributed by atoms with E-state index >= 15 is 0 Å². The van der Waals surface area contributed by atoms with Crippen molar-refractivity contribution in [3.8, 4) is 0 Å². The third kappa shape index (κ3) is 3.14. The fourth-order valence-corrected chi connectivity index (χ4v) is 2.22. The summed E-state index contributed by atoms with van der Waals surface area (Å²) >= 11 is 5.69. The molecule has 5 heteroatoms. The minimum atomic E-state index is -0.917. The first-order valence-corrected chi connectivity index (χ1v) is 6.46. The second kappa shape index (κ2) is 6.29. The molecule has 0 saturated heterocycles. The third-order valence-electron chi connectivity index (χ3n) is 3.14. The Morgan fingerprint density at radius 1 is 1.10 bits per heavy atom. The Kier molecular flexibility index (Phi) is 4.68. The Hall–Kier alpha value is -1.52. The van der Waals surface area contributed by atoms with Gasteiger partial charge in [-0.3, -0.25) is 0 Å². The molecule has 1 unspecified atom stereocenters. The number of hydrogen-bond acceptors (Lipinski definition) is 1. The molecule has 0 radical (unpaired) electrons. The summed E-state index contributed by atoms with van der Waals surface area (Å²) in [4.78, 5) is 0. The van der Waals surface area contributed by atoms with Crippen molar-refractivity contribution in [1.82, 2.24) is 5.32 Å². The van der Waals surface area contributed by atoms with Gasteiger partial charge in [0.25, 0.3) is 0 Å². The zero-order valence-electron chi connectivity index (χ0n) is 10.8. The van der Waals surface area contributed by atoms with Crippen LogP contribution in [0, 0.1) is 17.5 Å². The molecule has 0 heterocycles. The second-order valence-corrected chi connectivity index (χ2v) is 4.86. The van der Waals surface area contributed by atoms with Crippen LogP contribution in [0.2, 0.25) is 5.02 Å². The van der Waals surface area contributed by atoms with E-state index in [-0.39, 0.29) is 12.0 Å². The van der Waals surface area contributed by atoms with Crippen molar-refractivity contribution in [2.75, 3.05) is 7.05 Å². The first kappa shape index (κ1) is 14.9. The summed E-state index contributed by atoms with van der Waals surface area (Å²) in [6.07, 6.45) is 0.194. The number of rotatable bonds is 4. The van der Waals surface area contributed by atoms with Crippen molar-refractivity contribution in [3.63, 3.8) is 0 Å². The largest absolute Gasteiger partial charge is 0.313 e. The highest BCUT2D eigenvalue weighted by atomic mass is 35.5. The highest BCUT2D eigenvalue weighted by Crippen LogP contribution is 2.24. The summed E-state index contributed by atoms with van der Waals surface area (Å²) in [6.45, 7) is 0. The standard InChI is InChI=1S/C15H13ClF3N/c1-20-14(11-3-2-4-12(17)15(11)19)7-9-5-6-10(16)8-13(9)18/h2-6,8,14,20H,7H2,1H3. The molecule has 0 spiro atoms. The van der Waals surface area contributed by atoms with Crippen LogP contribution in [0.4, 0.5) is 13.2 Å². The van der Waals surface area contributed by atoms with Gasteiger partial charge in [-0.15, -0.1) is 0 Å². The lowest BCUT2D eigenvalue weighted by Gasteiger charge is -2.18. The van der Waals surface area contributed by atoms with Crippen LogP contribution in [0.25, 0.3) is 0 Å². The third-order valence-corrected chi connectivity index (χ3v) is 3.38. The minimum Gasteiger partial charge on any atom is -0.313 e. The number of nitrogens with one attached hydrogen (secondary N) is 1. The summed E-state index contributed by atoms with van der Waals surface area (Å²) in [5.41, 5.74) is 0.555. The van der Waals surface area contributed by atoms with E-state index in [9.17, 15) is 13.2 Å². The smallest absolute Gasteiger partial charge is 0.163 e. The summed E-state index contributed by atoms with van der Waals surface area (Å²) in [6, 6.07) is 7.73. The monoisotopic (exact) mass is 299 g/mol. The molecule has 0 aliphatic heterocycles. The summed E-state index contributed by atoms with van der Waals surface area (Å²) < 4.78 is 40.8. The molecular weight excluding hydrogens is 287 g/mol. The normalized spacial score (nSPS) is 12.4. The Bertz CT molecular complexity index is 616. The van der Waals surface area contributed by atoms with Crippen LogP contribution >= 0.6 is 11.6 Å². The van der Waals surface area contributed by atoms with Crippen LogP contribution in [0.15, 0.2) is 36.4 Å². The zero-order chi connectivity index (χ0) is 14.7. The van der Waals surface area contributed by atoms with Crippen molar-refractivity contribution in [2.24, 2.45) is 0 Å². The van der Waals surface area contributed by atoms with Crippen molar-refractivity contribution in [3.05, 3.63) is 70.0 Å². The van der Waals surface area contributed by atoms with Gasteiger partial charge in [-0.2, -0.15) is 0 Å². The average molecular weight is 300 g/mol. The molecule has 1 nitrogen and oxygen atoms in total. The van der Waals surface area contributed by atoms with Gasteiger partial charge < -0.3 is 5.32 Å². The zero-order valence-corrected chi connectivity index (χ0v) is 11.5. The van der Waals surface area contributed by atoms with E-state index in [1.807, 2.05) is 0 Å². The van der Waals surface area contributed by atoms with Gasteiger partial charge in [0.15, 0.2) is 11.6 Å². The van der Waals surface area contributed by atoms with E-state index in [1.54, 1.807) is 19.2 Å². The van der Waals surface area contributed by atoms with Crippen LogP contribution in [0.1, 0.15) is 17.2 Å². The van der Waals surface area contributed by atoms with E-state index in [0.717, 1.165) is 6.07 Å². The molecule has 0 aliphatic rings. The maximum Gasteiger partial charge on any atom is 0.163 e. The molecule has 106 valence electrons. The molecular formula is C15H13ClF3N. The highest BCUT2D eigenvalue weighted by Gasteiger charge is 2.18. The van der Waals surface area contributed by atoms with Gasteiger partial charge in [0.2, 0.25) is 0 Å². The molecule has 1 atom stereocenters. The molecule has 0 amide bonds. The van der Waals surface area contributed by atoms with Crippen LogP contribution in [0.3, 0.4) is 0 Å². The van der Waals surface area contributed by atoms with Gasteiger partial charge in [0.05, 0.1) is 0 Å². The lowest BCUT2D eigenvalue weighted by atomic mass is 9.98. The van der Waals surface area contributed by atoms with Crippen molar-refractivity contribution in [2.45, 2.75) is 12.5 Å². The van der Waals surface area contributed by atoms with E-state index in [0.29, 0.717) is 10.6 Å². The molecule has 20 heavy (non-hydrogen) atoms. The molecule has 0 bridgehead atoms. The van der Waals surface area contributed by atoms with E-state index in [1.165, 1.54) is 18.2 Å². The van der Waals surface area contributed by atoms with Gasteiger partial charge in [-0.05, 0) is 37.2 Å². The molecule has 0 saturated carbocycles. The average Bonchev–Trinajstić information content (AvgIpc) is 2.42. The molecule has 1 N–H and O–H groups in total. The number of likely N-dealkylation sites (N-methyl/N-ethyl adjacent to an activating group) is 1. The lowest BCUT2D eigenvalue weighted by Crippen LogP contribution is -2.21. The molecule has 2 aromatic rings. The van der Waals surface area contributed by atoms with Gasteiger partial charge >= 0.3 is 0 Å². The minimum absolute atomic E-state index is 0.168. The van der Waals surface area contributed by atoms with E-state index < -0.39 is 23.5 Å². The first-order chi connectivity index (χ1) is 9.52. The number of halogens is 4. The van der Waals surface area contributed by atoms with Gasteiger partial charge in [-0.25, -0.2) is 13.2 Å². The van der Waals surface area contributed by atoms with Gasteiger partial charge in [0.1, 0.15) is 5.82 Å². The SMILES string of the molecule is CNC(Cc1ccc(Cl)cc1F)c1cccc(F)c1F. The van der Waals surface area contributed by atoms with Crippen LogP contribution in [0.5, 0.6) is 0 Å². The van der Waals surface area contributed by atoms with Crippen molar-refractivity contribution in [1.29, 1.82) is 0 Å².